The van der Waals surface area contributed by atoms with E-state index >= 15 is 0 Å². The molecule has 0 aromatic rings. The Balaban J connectivity index is 3.97. The van der Waals surface area contributed by atoms with Gasteiger partial charge in [0.1, 0.15) is 0 Å². The van der Waals surface area contributed by atoms with Crippen LogP contribution in [-0.4, -0.2) is 48.5 Å². The molecule has 1 amide bonds. The Hall–Kier alpha value is -0.220. The second-order valence-corrected chi connectivity index (χ2v) is 5.81. The smallest absolute Gasteiger partial charge is 0.238 e. The predicted octanol–water partition coefficient (Wildman–Crippen LogP) is 1.19. The molecule has 84 valence electrons. The van der Waals surface area contributed by atoms with E-state index in [0.29, 0.717) is 0 Å². The van der Waals surface area contributed by atoms with E-state index in [2.05, 4.69) is 25.4 Å². The Morgan fingerprint density at radius 3 is 2.36 bits per heavy atom. The van der Waals surface area contributed by atoms with Crippen LogP contribution < -0.4 is 5.32 Å². The van der Waals surface area contributed by atoms with Gasteiger partial charge in [0, 0.05) is 25.4 Å². The Kier molecular flexibility index (Phi) is 5.52. The molecule has 0 saturated carbocycles. The molecular formula is C10H22N2OS. The quantitative estimate of drug-likeness (QED) is 0.752. The lowest BCUT2D eigenvalue weighted by molar-refractivity contribution is -0.130. The highest BCUT2D eigenvalue weighted by molar-refractivity contribution is 7.99. The van der Waals surface area contributed by atoms with Gasteiger partial charge in [0.25, 0.3) is 0 Å². The molecule has 4 heteroatoms. The van der Waals surface area contributed by atoms with Crippen molar-refractivity contribution in [1.82, 2.24) is 10.2 Å². The first-order chi connectivity index (χ1) is 6.30. The number of hydrogen-bond acceptors (Lipinski definition) is 3. The van der Waals surface area contributed by atoms with E-state index in [4.69, 9.17) is 0 Å². The van der Waals surface area contributed by atoms with Crippen LogP contribution in [0, 0.1) is 0 Å². The Bertz CT molecular complexity index is 193. The van der Waals surface area contributed by atoms with Crippen LogP contribution in [0.3, 0.4) is 0 Å². The van der Waals surface area contributed by atoms with Gasteiger partial charge in [-0.2, -0.15) is 11.8 Å². The van der Waals surface area contributed by atoms with Crippen LogP contribution in [-0.2, 0) is 4.79 Å². The summed E-state index contributed by atoms with van der Waals surface area (Å²) in [6.07, 6.45) is 2.08. The summed E-state index contributed by atoms with van der Waals surface area (Å²) in [4.78, 5) is 13.1. The van der Waals surface area contributed by atoms with Gasteiger partial charge in [-0.25, -0.2) is 0 Å². The molecule has 1 unspecified atom stereocenters. The van der Waals surface area contributed by atoms with Gasteiger partial charge in [0.15, 0.2) is 0 Å². The molecule has 1 N–H and O–H groups in total. The second-order valence-electron chi connectivity index (χ2n) is 4.30. The molecule has 0 aromatic heterocycles. The molecule has 14 heavy (non-hydrogen) atoms. The van der Waals surface area contributed by atoms with E-state index in [1.54, 1.807) is 30.8 Å². The largest absolute Gasteiger partial charge is 0.347 e. The van der Waals surface area contributed by atoms with E-state index in [-0.39, 0.29) is 16.7 Å². The molecule has 0 aliphatic rings. The van der Waals surface area contributed by atoms with E-state index in [0.717, 1.165) is 6.54 Å². The summed E-state index contributed by atoms with van der Waals surface area (Å²) in [5.41, 5.74) is 0. The first-order valence-electron chi connectivity index (χ1n) is 4.80. The highest BCUT2D eigenvalue weighted by Gasteiger charge is 2.20. The van der Waals surface area contributed by atoms with Gasteiger partial charge in [-0.3, -0.25) is 4.79 Å². The minimum Gasteiger partial charge on any atom is -0.347 e. The van der Waals surface area contributed by atoms with Crippen LogP contribution in [0.4, 0.5) is 0 Å². The molecule has 0 aromatic carbocycles. The fourth-order valence-electron chi connectivity index (χ4n) is 0.946. The van der Waals surface area contributed by atoms with E-state index in [9.17, 15) is 4.79 Å². The van der Waals surface area contributed by atoms with Crippen molar-refractivity contribution in [2.24, 2.45) is 0 Å². The van der Waals surface area contributed by atoms with Gasteiger partial charge in [-0.15, -0.1) is 0 Å². The average molecular weight is 218 g/mol. The van der Waals surface area contributed by atoms with E-state index in [1.165, 1.54) is 0 Å². The van der Waals surface area contributed by atoms with E-state index in [1.807, 2.05) is 6.92 Å². The molecular weight excluding hydrogens is 196 g/mol. The molecule has 1 atom stereocenters. The number of amides is 1. The Labute approximate surface area is 91.6 Å². The van der Waals surface area contributed by atoms with Crippen molar-refractivity contribution in [1.29, 1.82) is 0 Å². The number of rotatable bonds is 5. The first kappa shape index (κ1) is 13.8. The fraction of sp³-hybridized carbons (Fsp3) is 0.900. The zero-order chi connectivity index (χ0) is 11.4. The summed E-state index contributed by atoms with van der Waals surface area (Å²) in [5.74, 6) is 0.127. The van der Waals surface area contributed by atoms with Gasteiger partial charge < -0.3 is 10.2 Å². The van der Waals surface area contributed by atoms with Gasteiger partial charge in [0.2, 0.25) is 5.91 Å². The topological polar surface area (TPSA) is 32.3 Å². The number of nitrogens with zero attached hydrogens (tertiary/aromatic N) is 1. The zero-order valence-corrected chi connectivity index (χ0v) is 10.9. The monoisotopic (exact) mass is 218 g/mol. The number of hydrogen-bond donors (Lipinski definition) is 1. The third-order valence-electron chi connectivity index (χ3n) is 2.20. The second kappa shape index (κ2) is 5.61. The standard InChI is InChI=1S/C10H22N2OS/c1-8(9(13)12(4)5)11-7-10(2,3)14-6/h8,11H,7H2,1-6H3. The molecule has 0 bridgehead atoms. The number of carbonyl (C=O) groups is 1. The van der Waals surface area contributed by atoms with Crippen molar-refractivity contribution < 1.29 is 4.79 Å². The van der Waals surface area contributed by atoms with Gasteiger partial charge in [-0.05, 0) is 27.0 Å². The number of nitrogens with one attached hydrogen (secondary N) is 1. The molecule has 0 spiro atoms. The minimum atomic E-state index is -0.101. The molecule has 0 radical (unpaired) electrons. The molecule has 0 fully saturated rings. The number of likely N-dealkylation sites (N-methyl/N-ethyl adjacent to an activating group) is 1. The van der Waals surface area contributed by atoms with Crippen molar-refractivity contribution in [3.8, 4) is 0 Å². The van der Waals surface area contributed by atoms with Crippen molar-refractivity contribution in [3.05, 3.63) is 0 Å². The molecule has 3 nitrogen and oxygen atoms in total. The highest BCUT2D eigenvalue weighted by Crippen LogP contribution is 2.19. The summed E-state index contributed by atoms with van der Waals surface area (Å²) in [6.45, 7) is 7.07. The van der Waals surface area contributed by atoms with Crippen molar-refractivity contribution in [2.45, 2.75) is 31.6 Å². The summed E-state index contributed by atoms with van der Waals surface area (Å²) in [7, 11) is 3.56. The van der Waals surface area contributed by atoms with Crippen LogP contribution in [0.5, 0.6) is 0 Å². The maximum Gasteiger partial charge on any atom is 0.238 e. The van der Waals surface area contributed by atoms with E-state index < -0.39 is 0 Å². The molecule has 0 rings (SSSR count). The lowest BCUT2D eigenvalue weighted by Crippen LogP contribution is -2.45. The normalized spacial score (nSPS) is 13.9. The highest BCUT2D eigenvalue weighted by atomic mass is 32.2. The van der Waals surface area contributed by atoms with Crippen molar-refractivity contribution in [2.75, 3.05) is 26.9 Å². The molecule has 0 aliphatic heterocycles. The third kappa shape index (κ3) is 4.86. The summed E-state index contributed by atoms with van der Waals surface area (Å²) < 4.78 is 0.181. The van der Waals surface area contributed by atoms with Gasteiger partial charge >= 0.3 is 0 Å². The van der Waals surface area contributed by atoms with Crippen LogP contribution in [0.15, 0.2) is 0 Å². The lowest BCUT2D eigenvalue weighted by Gasteiger charge is -2.25. The fourth-order valence-corrected chi connectivity index (χ4v) is 1.17. The van der Waals surface area contributed by atoms with Crippen LogP contribution in [0.2, 0.25) is 0 Å². The average Bonchev–Trinajstić information content (AvgIpc) is 2.13. The summed E-state index contributed by atoms with van der Waals surface area (Å²) in [6, 6.07) is -0.101. The third-order valence-corrected chi connectivity index (χ3v) is 3.45. The summed E-state index contributed by atoms with van der Waals surface area (Å²) >= 11 is 1.80. The van der Waals surface area contributed by atoms with Crippen molar-refractivity contribution in [3.63, 3.8) is 0 Å². The number of thioether (sulfide) groups is 1. The van der Waals surface area contributed by atoms with Gasteiger partial charge in [-0.1, -0.05) is 0 Å². The van der Waals surface area contributed by atoms with Crippen LogP contribution in [0.25, 0.3) is 0 Å². The maximum atomic E-state index is 11.5. The molecule has 0 heterocycles. The van der Waals surface area contributed by atoms with Crippen molar-refractivity contribution >= 4 is 17.7 Å². The Morgan fingerprint density at radius 2 is 2.00 bits per heavy atom. The van der Waals surface area contributed by atoms with Gasteiger partial charge in [0.05, 0.1) is 6.04 Å². The van der Waals surface area contributed by atoms with Crippen LogP contribution in [0.1, 0.15) is 20.8 Å². The molecule has 0 saturated heterocycles. The minimum absolute atomic E-state index is 0.101. The lowest BCUT2D eigenvalue weighted by atomic mass is 10.2. The Morgan fingerprint density at radius 1 is 1.50 bits per heavy atom. The number of carbonyl (C=O) groups excluding carboxylic acids is 1. The zero-order valence-electron chi connectivity index (χ0n) is 10.0. The first-order valence-corrected chi connectivity index (χ1v) is 6.02. The predicted molar refractivity (Wildman–Crippen MR) is 63.8 cm³/mol. The maximum absolute atomic E-state index is 11.5. The summed E-state index contributed by atoms with van der Waals surface area (Å²) in [5, 5.41) is 3.24. The molecule has 0 aliphatic carbocycles. The van der Waals surface area contributed by atoms with Crippen LogP contribution >= 0.6 is 11.8 Å². The SMILES string of the molecule is CSC(C)(C)CNC(C)C(=O)N(C)C.